The second-order valence-electron chi connectivity index (χ2n) is 4.70. The molecule has 1 heterocycles. The van der Waals surface area contributed by atoms with E-state index in [1.807, 2.05) is 6.92 Å². The summed E-state index contributed by atoms with van der Waals surface area (Å²) < 4.78 is 0. The molecule has 0 unspecified atom stereocenters. The molecule has 108 valence electrons. The highest BCUT2D eigenvalue weighted by molar-refractivity contribution is 6.09. The lowest BCUT2D eigenvalue weighted by Crippen LogP contribution is -2.17. The Labute approximate surface area is 119 Å². The molecule has 0 saturated carbocycles. The predicted molar refractivity (Wildman–Crippen MR) is 78.3 cm³/mol. The number of benzene rings is 1. The topological polar surface area (TPSA) is 89.4 Å². The fraction of sp³-hybridized carbons (Fsp3) is 0.333. The van der Waals surface area contributed by atoms with Gasteiger partial charge >= 0.3 is 0 Å². The second-order valence-corrected chi connectivity index (χ2v) is 4.70. The monoisotopic (exact) mass is 275 g/mol. The van der Waals surface area contributed by atoms with Gasteiger partial charge in [-0.3, -0.25) is 9.59 Å². The van der Waals surface area contributed by atoms with Crippen LogP contribution in [0.3, 0.4) is 0 Å². The van der Waals surface area contributed by atoms with Crippen molar-refractivity contribution < 1.29 is 9.59 Å². The maximum Gasteiger partial charge on any atom is 0.182 e. The zero-order valence-corrected chi connectivity index (χ0v) is 11.9. The number of nitrogens with zero attached hydrogens (tertiary/aromatic N) is 1. The van der Waals surface area contributed by atoms with Gasteiger partial charge in [0.15, 0.2) is 12.6 Å². The summed E-state index contributed by atoms with van der Waals surface area (Å²) in [5.41, 5.74) is 17.5. The maximum absolute atomic E-state index is 8.81. The van der Waals surface area contributed by atoms with Gasteiger partial charge in [-0.1, -0.05) is 18.2 Å². The molecule has 0 atom stereocenters. The molecule has 4 N–H and O–H groups in total. The van der Waals surface area contributed by atoms with Crippen molar-refractivity contribution in [3.05, 3.63) is 46.3 Å². The third-order valence-corrected chi connectivity index (χ3v) is 3.33. The molecule has 5 nitrogen and oxygen atoms in total. The Balaban J connectivity index is 0.000000444. The molecule has 0 aromatic heterocycles. The van der Waals surface area contributed by atoms with E-state index in [4.69, 9.17) is 21.1 Å². The quantitative estimate of drug-likeness (QED) is 0.636. The highest BCUT2D eigenvalue weighted by Crippen LogP contribution is 2.27. The van der Waals surface area contributed by atoms with E-state index in [0.29, 0.717) is 6.54 Å². The smallest absolute Gasteiger partial charge is 0.182 e. The van der Waals surface area contributed by atoms with Gasteiger partial charge in [-0.2, -0.15) is 0 Å². The summed E-state index contributed by atoms with van der Waals surface area (Å²) in [6, 6.07) is 6.49. The fourth-order valence-corrected chi connectivity index (χ4v) is 2.06. The van der Waals surface area contributed by atoms with Crippen molar-refractivity contribution in [2.24, 2.45) is 11.5 Å². The molecule has 0 aliphatic carbocycles. The maximum atomic E-state index is 8.81. The minimum Gasteiger partial charge on any atom is -0.401 e. The van der Waals surface area contributed by atoms with Gasteiger partial charge < -0.3 is 16.4 Å². The zero-order chi connectivity index (χ0) is 15.1. The third-order valence-electron chi connectivity index (χ3n) is 3.33. The van der Waals surface area contributed by atoms with Crippen molar-refractivity contribution in [2.45, 2.75) is 33.5 Å². The van der Waals surface area contributed by atoms with Gasteiger partial charge in [-0.25, -0.2) is 0 Å². The molecule has 20 heavy (non-hydrogen) atoms. The van der Waals surface area contributed by atoms with Gasteiger partial charge in [0.1, 0.15) is 0 Å². The highest BCUT2D eigenvalue weighted by Gasteiger charge is 2.19. The van der Waals surface area contributed by atoms with E-state index in [-0.39, 0.29) is 12.6 Å². The minimum atomic E-state index is 0.194. The SMILES string of the molecule is C/C(N)=C(\C)N1Cc2ccc(CN)cc2C1.O=CC=O. The number of fused-ring (bicyclic) bond motifs is 1. The largest absolute Gasteiger partial charge is 0.401 e. The molecule has 0 saturated heterocycles. The van der Waals surface area contributed by atoms with Crippen molar-refractivity contribution in [3.8, 4) is 0 Å². The molecule has 5 heteroatoms. The van der Waals surface area contributed by atoms with Crippen LogP contribution in [0.1, 0.15) is 30.5 Å². The van der Waals surface area contributed by atoms with Crippen LogP contribution in [0.4, 0.5) is 0 Å². The summed E-state index contributed by atoms with van der Waals surface area (Å²) in [5, 5.41) is 0. The minimum absolute atomic E-state index is 0.194. The van der Waals surface area contributed by atoms with Crippen LogP contribution in [-0.2, 0) is 29.2 Å². The number of allylic oxidation sites excluding steroid dienone is 2. The van der Waals surface area contributed by atoms with Gasteiger partial charge in [0.05, 0.1) is 0 Å². The second kappa shape index (κ2) is 7.45. The molecular weight excluding hydrogens is 254 g/mol. The fourth-order valence-electron chi connectivity index (χ4n) is 2.06. The number of rotatable bonds is 3. The Bertz CT molecular complexity index is 514. The number of hydrogen-bond acceptors (Lipinski definition) is 5. The Kier molecular flexibility index (Phi) is 5.93. The standard InChI is InChI=1S/C13H19N3.C2H2O2/c1-9(15)10(2)16-7-12-4-3-11(6-14)5-13(12)8-16;3-1-2-4/h3-5H,6-8,14-15H2,1-2H3;1-2H/b10-9-;. The van der Waals surface area contributed by atoms with Crippen LogP contribution < -0.4 is 11.5 Å². The lowest BCUT2D eigenvalue weighted by atomic mass is 10.1. The molecule has 0 fully saturated rings. The average molecular weight is 275 g/mol. The van der Waals surface area contributed by atoms with Crippen molar-refractivity contribution in [1.29, 1.82) is 0 Å². The van der Waals surface area contributed by atoms with E-state index >= 15 is 0 Å². The van der Waals surface area contributed by atoms with Crippen molar-refractivity contribution in [1.82, 2.24) is 4.90 Å². The molecule has 0 spiro atoms. The van der Waals surface area contributed by atoms with Crippen molar-refractivity contribution in [3.63, 3.8) is 0 Å². The summed E-state index contributed by atoms with van der Waals surface area (Å²) in [6.07, 6.45) is 0.389. The first kappa shape index (κ1) is 15.9. The van der Waals surface area contributed by atoms with Gasteiger partial charge in [-0.15, -0.1) is 0 Å². The summed E-state index contributed by atoms with van der Waals surface area (Å²) in [4.78, 5) is 19.9. The average Bonchev–Trinajstić information content (AvgIpc) is 2.89. The number of hydrogen-bond donors (Lipinski definition) is 2. The third kappa shape index (κ3) is 3.93. The van der Waals surface area contributed by atoms with Gasteiger partial charge in [0.25, 0.3) is 0 Å². The first-order valence-corrected chi connectivity index (χ1v) is 6.41. The molecule has 1 aliphatic heterocycles. The summed E-state index contributed by atoms with van der Waals surface area (Å²) >= 11 is 0. The molecule has 0 bridgehead atoms. The van der Waals surface area contributed by atoms with Crippen LogP contribution in [0, 0.1) is 0 Å². The van der Waals surface area contributed by atoms with E-state index in [1.54, 1.807) is 0 Å². The molecule has 2 rings (SSSR count). The molecule has 1 aromatic rings. The normalized spacial score (nSPS) is 13.8. The van der Waals surface area contributed by atoms with Crippen LogP contribution in [0.5, 0.6) is 0 Å². The first-order valence-electron chi connectivity index (χ1n) is 6.41. The Morgan fingerprint density at radius 3 is 2.30 bits per heavy atom. The van der Waals surface area contributed by atoms with Crippen molar-refractivity contribution in [2.75, 3.05) is 0 Å². The van der Waals surface area contributed by atoms with Crippen LogP contribution in [0.2, 0.25) is 0 Å². The number of carbonyl (C=O) groups excluding carboxylic acids is 2. The molecule has 0 radical (unpaired) electrons. The number of aldehydes is 2. The lowest BCUT2D eigenvalue weighted by molar-refractivity contribution is -0.122. The van der Waals surface area contributed by atoms with Crippen molar-refractivity contribution >= 4 is 12.6 Å². The van der Waals surface area contributed by atoms with Gasteiger partial charge in [0, 0.05) is 31.0 Å². The molecule has 0 amide bonds. The predicted octanol–water partition coefficient (Wildman–Crippen LogP) is 1.06. The number of carbonyl (C=O) groups is 2. The van der Waals surface area contributed by atoms with E-state index in [0.717, 1.165) is 18.8 Å². The van der Waals surface area contributed by atoms with E-state index < -0.39 is 0 Å². The van der Waals surface area contributed by atoms with E-state index in [9.17, 15) is 0 Å². The summed E-state index contributed by atoms with van der Waals surface area (Å²) in [7, 11) is 0. The van der Waals surface area contributed by atoms with Gasteiger partial charge in [0.2, 0.25) is 0 Å². The van der Waals surface area contributed by atoms with Crippen LogP contribution in [0.15, 0.2) is 29.6 Å². The molecular formula is C15H21N3O2. The lowest BCUT2D eigenvalue weighted by Gasteiger charge is -2.19. The summed E-state index contributed by atoms with van der Waals surface area (Å²) in [5.74, 6) is 0. The van der Waals surface area contributed by atoms with Crippen LogP contribution in [0.25, 0.3) is 0 Å². The van der Waals surface area contributed by atoms with E-state index in [2.05, 4.69) is 30.0 Å². The highest BCUT2D eigenvalue weighted by atomic mass is 16.2. The first-order chi connectivity index (χ1) is 9.53. The Hall–Kier alpha value is -2.14. The van der Waals surface area contributed by atoms with Gasteiger partial charge in [-0.05, 0) is 30.5 Å². The Morgan fingerprint density at radius 2 is 1.80 bits per heavy atom. The van der Waals surface area contributed by atoms with Crippen LogP contribution >= 0.6 is 0 Å². The zero-order valence-electron chi connectivity index (χ0n) is 11.9. The summed E-state index contributed by atoms with van der Waals surface area (Å²) in [6.45, 7) is 6.54. The Morgan fingerprint density at radius 1 is 1.20 bits per heavy atom. The molecule has 1 aliphatic rings. The van der Waals surface area contributed by atoms with Crippen LogP contribution in [-0.4, -0.2) is 17.5 Å². The van der Waals surface area contributed by atoms with E-state index in [1.165, 1.54) is 22.4 Å². The molecule has 1 aromatic carbocycles. The number of nitrogens with two attached hydrogens (primary N) is 2.